The molecule has 2 unspecified atom stereocenters. The second-order valence-corrected chi connectivity index (χ2v) is 28.2. The smallest absolute Gasteiger partial charge is 0.488 e. The third-order valence-corrected chi connectivity index (χ3v) is 12.0. The van der Waals surface area contributed by atoms with Crippen LogP contribution in [0.5, 0.6) is 28.7 Å². The van der Waals surface area contributed by atoms with E-state index in [1.165, 1.54) is 12.1 Å². The van der Waals surface area contributed by atoms with Gasteiger partial charge in [0.15, 0.2) is 19.2 Å². The van der Waals surface area contributed by atoms with Crippen molar-refractivity contribution in [2.45, 2.75) is 201 Å². The summed E-state index contributed by atoms with van der Waals surface area (Å²) in [6.07, 6.45) is 0.483. The average Bonchev–Trinajstić information content (AvgIpc) is 0.892. The predicted octanol–water partition coefficient (Wildman–Crippen LogP) is 18.0. The summed E-state index contributed by atoms with van der Waals surface area (Å²) in [7, 11) is 0. The number of carbonyl (C=O) groups is 7. The van der Waals surface area contributed by atoms with E-state index < -0.39 is 35.6 Å². The van der Waals surface area contributed by atoms with Crippen molar-refractivity contribution in [1.82, 2.24) is 0 Å². The highest BCUT2D eigenvalue weighted by atomic mass is 16.7. The molecule has 0 aliphatic rings. The minimum Gasteiger partial charge on any atom is -0.488 e. The molecular formula is C80H116O21. The standard InChI is InChI=1S/C17H24O5.C17H26O4.C16H22O5.C15H22O4.C15H22O3/c1-12(2)10-21-16(19)13-6-8-14(9-7-13)20-11-15(18)22-17(3,4)5;1-5-19-14(4)21-16-10-8-15(9-11-16)17(18)20-12-6-7-13(2)3;1-11(2)10-19-14(17)12-6-8-13(9-7-12)20-15(18)21-16(3,4)5;1-5-17-12(4)19-14-9-7-6-8-13(14)15(16)18-10-11(2)3;1-11(2)10-17-14(16)12-6-8-13(9-7-12)18-15(3,4)5/h6-9,12H,10-11H2,1-5H3;8-11,13-14H,5-7,12H2,1-4H3;6-9,11H,10H2,1-5H3;6-9,11-12H,5,10H2,1-4H3;6-9,11H,10H2,1-5H3. The molecule has 0 saturated heterocycles. The second-order valence-electron chi connectivity index (χ2n) is 28.2. The Morgan fingerprint density at radius 3 is 1.13 bits per heavy atom. The zero-order valence-corrected chi connectivity index (χ0v) is 64.2. The first-order chi connectivity index (χ1) is 47.2. The lowest BCUT2D eigenvalue weighted by Gasteiger charge is -2.21. The Kier molecular flexibility index (Phi) is 42.4. The summed E-state index contributed by atoms with van der Waals surface area (Å²) in [4.78, 5) is 82.0. The SMILES string of the molecule is CC(C)COC(=O)c1ccc(OC(=O)OC(C)(C)C)cc1.CC(C)COC(=O)c1ccc(OC(C)(C)C)cc1.CC(C)COC(=O)c1ccc(OCC(=O)OC(C)(C)C)cc1.CCOC(C)Oc1ccc(C(=O)OCCCC(C)C)cc1.CCOC(C)Oc1ccccc1C(=O)OCC(C)C. The molecule has 21 nitrogen and oxygen atoms in total. The molecule has 101 heavy (non-hydrogen) atoms. The van der Waals surface area contributed by atoms with Crippen LogP contribution in [0.3, 0.4) is 0 Å². The summed E-state index contributed by atoms with van der Waals surface area (Å²) in [6.45, 7) is 47.3. The van der Waals surface area contributed by atoms with E-state index in [9.17, 15) is 33.6 Å². The monoisotopic (exact) mass is 1410 g/mol. The molecule has 0 aliphatic carbocycles. The van der Waals surface area contributed by atoms with Gasteiger partial charge >= 0.3 is 42.0 Å². The van der Waals surface area contributed by atoms with Gasteiger partial charge in [-0.2, -0.15) is 0 Å². The summed E-state index contributed by atoms with van der Waals surface area (Å²) in [5, 5.41) is 0. The van der Waals surface area contributed by atoms with Gasteiger partial charge in [0.1, 0.15) is 51.1 Å². The Hall–Kier alpha value is -8.69. The van der Waals surface area contributed by atoms with Crippen LogP contribution in [-0.2, 0) is 47.4 Å². The average molecular weight is 1410 g/mol. The fourth-order valence-electron chi connectivity index (χ4n) is 7.59. The first kappa shape index (κ1) is 90.3. The van der Waals surface area contributed by atoms with Crippen molar-refractivity contribution in [1.29, 1.82) is 0 Å². The van der Waals surface area contributed by atoms with E-state index in [2.05, 4.69) is 13.8 Å². The van der Waals surface area contributed by atoms with E-state index in [0.717, 1.165) is 18.6 Å². The van der Waals surface area contributed by atoms with Crippen LogP contribution in [0, 0.1) is 29.6 Å². The van der Waals surface area contributed by atoms with E-state index in [4.69, 9.17) is 66.3 Å². The van der Waals surface area contributed by atoms with E-state index in [1.807, 2.05) is 103 Å². The molecule has 5 aromatic carbocycles. The fraction of sp³-hybridized carbons (Fsp3) is 0.537. The highest BCUT2D eigenvalue weighted by Gasteiger charge is 2.21. The van der Waals surface area contributed by atoms with E-state index >= 15 is 0 Å². The molecule has 5 aromatic rings. The molecule has 0 spiro atoms. The van der Waals surface area contributed by atoms with Gasteiger partial charge in [0.2, 0.25) is 0 Å². The van der Waals surface area contributed by atoms with Gasteiger partial charge in [-0.3, -0.25) is 0 Å². The first-order valence-electron chi connectivity index (χ1n) is 34.5. The second kappa shape index (κ2) is 47.4. The van der Waals surface area contributed by atoms with E-state index in [-0.39, 0.29) is 48.3 Å². The molecule has 0 heterocycles. The van der Waals surface area contributed by atoms with Gasteiger partial charge in [-0.1, -0.05) is 81.4 Å². The first-order valence-corrected chi connectivity index (χ1v) is 34.5. The molecule has 0 fully saturated rings. The normalized spacial score (nSPS) is 11.6. The Balaban J connectivity index is 0.000000632. The van der Waals surface area contributed by atoms with Crippen molar-refractivity contribution >= 4 is 42.0 Å². The number of rotatable bonds is 30. The molecule has 0 radical (unpaired) electrons. The van der Waals surface area contributed by atoms with Gasteiger partial charge in [0, 0.05) is 13.2 Å². The molecule has 0 aliphatic heterocycles. The number of benzene rings is 5. The number of carbonyl (C=O) groups excluding carboxylic acids is 7. The van der Waals surface area contributed by atoms with Crippen LogP contribution in [-0.4, -0.2) is 124 Å². The van der Waals surface area contributed by atoms with Crippen LogP contribution in [0.15, 0.2) is 121 Å². The lowest BCUT2D eigenvalue weighted by molar-refractivity contribution is -0.157. The van der Waals surface area contributed by atoms with Gasteiger partial charge in [-0.15, -0.1) is 0 Å². The zero-order valence-electron chi connectivity index (χ0n) is 64.2. The lowest BCUT2D eigenvalue weighted by atomic mass is 10.1. The number of ether oxygens (including phenoxy) is 14. The molecule has 0 saturated carbocycles. The summed E-state index contributed by atoms with van der Waals surface area (Å²) in [5.74, 6) is 2.42. The summed E-state index contributed by atoms with van der Waals surface area (Å²) in [5.41, 5.74) is 0.988. The van der Waals surface area contributed by atoms with Gasteiger partial charge in [-0.05, 0) is 242 Å². The summed E-state index contributed by atoms with van der Waals surface area (Å²) >= 11 is 0. The molecular weight excluding hydrogens is 1300 g/mol. The van der Waals surface area contributed by atoms with Crippen LogP contribution in [0.2, 0.25) is 0 Å². The summed E-state index contributed by atoms with van der Waals surface area (Å²) < 4.78 is 73.7. The lowest BCUT2D eigenvalue weighted by Crippen LogP contribution is -2.27. The van der Waals surface area contributed by atoms with Crippen molar-refractivity contribution in [3.63, 3.8) is 0 Å². The van der Waals surface area contributed by atoms with Crippen molar-refractivity contribution in [2.24, 2.45) is 29.6 Å². The molecule has 562 valence electrons. The van der Waals surface area contributed by atoms with E-state index in [0.29, 0.717) is 121 Å². The van der Waals surface area contributed by atoms with Gasteiger partial charge in [-0.25, -0.2) is 33.6 Å². The largest absolute Gasteiger partial charge is 0.514 e. The maximum Gasteiger partial charge on any atom is 0.514 e. The zero-order chi connectivity index (χ0) is 76.5. The number of esters is 6. The molecule has 0 N–H and O–H groups in total. The molecule has 0 amide bonds. The third-order valence-electron chi connectivity index (χ3n) is 12.0. The van der Waals surface area contributed by atoms with Crippen LogP contribution < -0.4 is 23.7 Å². The van der Waals surface area contributed by atoms with Gasteiger partial charge in [0.25, 0.3) is 0 Å². The molecule has 5 rings (SSSR count). The summed E-state index contributed by atoms with van der Waals surface area (Å²) in [6, 6.07) is 33.6. The van der Waals surface area contributed by atoms with Crippen molar-refractivity contribution in [3.8, 4) is 28.7 Å². The van der Waals surface area contributed by atoms with Crippen molar-refractivity contribution < 1.29 is 99.9 Å². The number of para-hydroxylation sites is 1. The topological polar surface area (TPSA) is 249 Å². The Morgan fingerprint density at radius 2 is 0.743 bits per heavy atom. The maximum atomic E-state index is 12.0. The molecule has 2 atom stereocenters. The Bertz CT molecular complexity index is 3170. The van der Waals surface area contributed by atoms with Gasteiger partial charge in [0.05, 0.1) is 55.3 Å². The van der Waals surface area contributed by atoms with Crippen LogP contribution in [0.25, 0.3) is 0 Å². The minimum atomic E-state index is -0.780. The predicted molar refractivity (Wildman–Crippen MR) is 389 cm³/mol. The van der Waals surface area contributed by atoms with Crippen molar-refractivity contribution in [2.75, 3.05) is 52.9 Å². The minimum absolute atomic E-state index is 0.172. The van der Waals surface area contributed by atoms with E-state index in [1.54, 1.807) is 152 Å². The quantitative estimate of drug-likeness (QED) is 0.0136. The highest BCUT2D eigenvalue weighted by Crippen LogP contribution is 2.24. The van der Waals surface area contributed by atoms with Crippen LogP contribution in [0.4, 0.5) is 4.79 Å². The third kappa shape index (κ3) is 44.9. The highest BCUT2D eigenvalue weighted by molar-refractivity contribution is 5.93. The van der Waals surface area contributed by atoms with Crippen LogP contribution >= 0.6 is 0 Å². The molecule has 0 aromatic heterocycles. The van der Waals surface area contributed by atoms with Gasteiger partial charge < -0.3 is 66.3 Å². The number of hydrogen-bond donors (Lipinski definition) is 0. The molecule has 0 bridgehead atoms. The maximum absolute atomic E-state index is 12.0. The fourth-order valence-corrected chi connectivity index (χ4v) is 7.59. The van der Waals surface area contributed by atoms with Crippen molar-refractivity contribution in [3.05, 3.63) is 149 Å². The van der Waals surface area contributed by atoms with Crippen LogP contribution in [0.1, 0.15) is 224 Å². The Labute approximate surface area is 601 Å². The Morgan fingerprint density at radius 1 is 0.376 bits per heavy atom. The molecule has 21 heteroatoms. The number of hydrogen-bond acceptors (Lipinski definition) is 21.